The lowest BCUT2D eigenvalue weighted by molar-refractivity contribution is -0.116. The molecular formula is C24H20N4O2S2. The minimum atomic E-state index is 0.0192. The Hall–Kier alpha value is -3.23. The molecule has 1 aliphatic heterocycles. The first-order valence-electron chi connectivity index (χ1n) is 10.3. The number of carbonyl (C=O) groups excluding carboxylic acids is 2. The number of ketones is 1. The molecule has 5 rings (SSSR count). The number of Topliss-reactive ketones (excluding diaryl/α,β-unsaturated/α-hetero) is 1. The van der Waals surface area contributed by atoms with Crippen LogP contribution in [0.15, 0.2) is 71.2 Å². The minimum Gasteiger partial charge on any atom is -0.326 e. The van der Waals surface area contributed by atoms with Gasteiger partial charge in [-0.1, -0.05) is 36.0 Å². The first kappa shape index (κ1) is 20.7. The number of aryl methyl sites for hydroxylation is 1. The number of aromatic nitrogens is 3. The molecule has 2 aromatic carbocycles. The van der Waals surface area contributed by atoms with Crippen molar-refractivity contribution in [2.75, 3.05) is 11.1 Å². The summed E-state index contributed by atoms with van der Waals surface area (Å²) in [6.07, 6.45) is 1.79. The Morgan fingerprint density at radius 3 is 2.75 bits per heavy atom. The fourth-order valence-electron chi connectivity index (χ4n) is 3.68. The number of hydrogen-bond acceptors (Lipinski definition) is 6. The maximum atomic E-state index is 12.9. The average Bonchev–Trinajstić information content (AvgIpc) is 3.48. The number of anilines is 1. The molecule has 1 N–H and O–H groups in total. The number of carbonyl (C=O) groups is 2. The Kier molecular flexibility index (Phi) is 5.87. The Balaban J connectivity index is 1.37. The van der Waals surface area contributed by atoms with Crippen LogP contribution in [-0.2, 0) is 17.6 Å². The van der Waals surface area contributed by atoms with Crippen molar-refractivity contribution in [3.8, 4) is 5.69 Å². The summed E-state index contributed by atoms with van der Waals surface area (Å²) in [5.74, 6) is 1.15. The van der Waals surface area contributed by atoms with Crippen molar-refractivity contribution in [1.29, 1.82) is 0 Å². The van der Waals surface area contributed by atoms with Crippen LogP contribution in [0.5, 0.6) is 0 Å². The third-order valence-electron chi connectivity index (χ3n) is 5.28. The average molecular weight is 461 g/mol. The summed E-state index contributed by atoms with van der Waals surface area (Å²) in [5, 5.41) is 14.4. The molecule has 2 aromatic heterocycles. The van der Waals surface area contributed by atoms with Crippen molar-refractivity contribution in [3.63, 3.8) is 0 Å². The van der Waals surface area contributed by atoms with E-state index < -0.39 is 0 Å². The van der Waals surface area contributed by atoms with E-state index in [4.69, 9.17) is 0 Å². The molecule has 0 saturated carbocycles. The number of hydrogen-bond donors (Lipinski definition) is 1. The molecule has 160 valence electrons. The quantitative estimate of drug-likeness (QED) is 0.317. The molecule has 0 fully saturated rings. The fraction of sp³-hybridized carbons (Fsp3) is 0.167. The zero-order chi connectivity index (χ0) is 21.9. The zero-order valence-electron chi connectivity index (χ0n) is 17.2. The number of nitrogens with one attached hydrogen (secondary N) is 1. The summed E-state index contributed by atoms with van der Waals surface area (Å²) in [6, 6.07) is 19.6. The SMILES string of the molecule is O=C1CCc2cc(C(=O)CSc3nnc(Cc4cccs4)n3-c3ccccc3)ccc2N1. The van der Waals surface area contributed by atoms with Gasteiger partial charge in [0.1, 0.15) is 5.82 Å². The molecule has 0 saturated heterocycles. The van der Waals surface area contributed by atoms with Crippen LogP contribution < -0.4 is 5.32 Å². The van der Waals surface area contributed by atoms with Gasteiger partial charge in [-0.2, -0.15) is 0 Å². The summed E-state index contributed by atoms with van der Waals surface area (Å²) in [5.41, 5.74) is 3.43. The molecule has 0 unspecified atom stereocenters. The molecule has 3 heterocycles. The highest BCUT2D eigenvalue weighted by Gasteiger charge is 2.19. The van der Waals surface area contributed by atoms with Crippen molar-refractivity contribution in [1.82, 2.24) is 14.8 Å². The molecule has 8 heteroatoms. The summed E-state index contributed by atoms with van der Waals surface area (Å²) < 4.78 is 2.03. The van der Waals surface area contributed by atoms with E-state index in [-0.39, 0.29) is 17.4 Å². The van der Waals surface area contributed by atoms with E-state index in [2.05, 4.69) is 27.0 Å². The topological polar surface area (TPSA) is 76.9 Å². The van der Waals surface area contributed by atoms with Crippen molar-refractivity contribution in [3.05, 3.63) is 87.9 Å². The Labute approximate surface area is 193 Å². The Morgan fingerprint density at radius 2 is 1.94 bits per heavy atom. The van der Waals surface area contributed by atoms with Crippen LogP contribution in [0.2, 0.25) is 0 Å². The predicted molar refractivity (Wildman–Crippen MR) is 127 cm³/mol. The van der Waals surface area contributed by atoms with Crippen molar-refractivity contribution < 1.29 is 9.59 Å². The number of rotatable bonds is 7. The maximum absolute atomic E-state index is 12.9. The Morgan fingerprint density at radius 1 is 1.06 bits per heavy atom. The molecule has 0 spiro atoms. The number of thioether (sulfide) groups is 1. The Bertz CT molecular complexity index is 1270. The van der Waals surface area contributed by atoms with E-state index in [0.29, 0.717) is 30.0 Å². The number of nitrogens with zero attached hydrogens (tertiary/aromatic N) is 3. The monoisotopic (exact) mass is 460 g/mol. The summed E-state index contributed by atoms with van der Waals surface area (Å²) in [6.45, 7) is 0. The molecule has 1 amide bonds. The molecular weight excluding hydrogens is 440 g/mol. The van der Waals surface area contributed by atoms with Gasteiger partial charge >= 0.3 is 0 Å². The van der Waals surface area contributed by atoms with E-state index in [1.165, 1.54) is 16.6 Å². The van der Waals surface area contributed by atoms with Gasteiger partial charge in [0.15, 0.2) is 10.9 Å². The van der Waals surface area contributed by atoms with Crippen LogP contribution in [-0.4, -0.2) is 32.2 Å². The molecule has 4 aromatic rings. The lowest BCUT2D eigenvalue weighted by atomic mass is 9.99. The lowest BCUT2D eigenvalue weighted by Gasteiger charge is -2.17. The fourth-order valence-corrected chi connectivity index (χ4v) is 5.25. The van der Waals surface area contributed by atoms with Crippen LogP contribution in [0.3, 0.4) is 0 Å². The highest BCUT2D eigenvalue weighted by Crippen LogP contribution is 2.27. The first-order valence-corrected chi connectivity index (χ1v) is 12.1. The zero-order valence-corrected chi connectivity index (χ0v) is 18.8. The predicted octanol–water partition coefficient (Wildman–Crippen LogP) is 4.78. The van der Waals surface area contributed by atoms with Gasteiger partial charge < -0.3 is 5.32 Å². The second-order valence-corrected chi connectivity index (χ2v) is 9.43. The van der Waals surface area contributed by atoms with Crippen molar-refractivity contribution in [2.45, 2.75) is 24.4 Å². The minimum absolute atomic E-state index is 0.0192. The van der Waals surface area contributed by atoms with E-state index in [1.807, 2.05) is 53.1 Å². The van der Waals surface area contributed by atoms with Crippen molar-refractivity contribution >= 4 is 40.5 Å². The van der Waals surface area contributed by atoms with Gasteiger partial charge in [0.25, 0.3) is 0 Å². The normalized spacial score (nSPS) is 12.9. The van der Waals surface area contributed by atoms with Gasteiger partial charge in [-0.15, -0.1) is 21.5 Å². The van der Waals surface area contributed by atoms with Gasteiger partial charge in [0.2, 0.25) is 5.91 Å². The van der Waals surface area contributed by atoms with Gasteiger partial charge in [0, 0.05) is 34.7 Å². The van der Waals surface area contributed by atoms with Gasteiger partial charge in [-0.05, 0) is 53.8 Å². The number of thiophene rings is 1. The highest BCUT2D eigenvalue weighted by molar-refractivity contribution is 7.99. The molecule has 6 nitrogen and oxygen atoms in total. The van der Waals surface area contributed by atoms with Gasteiger partial charge in [-0.3, -0.25) is 14.2 Å². The maximum Gasteiger partial charge on any atom is 0.224 e. The summed E-state index contributed by atoms with van der Waals surface area (Å²) in [4.78, 5) is 25.7. The van der Waals surface area contributed by atoms with Crippen LogP contribution in [0.4, 0.5) is 5.69 Å². The van der Waals surface area contributed by atoms with Crippen LogP contribution in [0.25, 0.3) is 5.69 Å². The summed E-state index contributed by atoms with van der Waals surface area (Å²) >= 11 is 3.08. The molecule has 1 aliphatic rings. The molecule has 0 radical (unpaired) electrons. The van der Waals surface area contributed by atoms with E-state index in [0.717, 1.165) is 22.8 Å². The largest absolute Gasteiger partial charge is 0.326 e. The lowest BCUT2D eigenvalue weighted by Crippen LogP contribution is -2.19. The van der Waals surface area contributed by atoms with Gasteiger partial charge in [-0.25, -0.2) is 0 Å². The second-order valence-electron chi connectivity index (χ2n) is 7.46. The van der Waals surface area contributed by atoms with E-state index in [9.17, 15) is 9.59 Å². The third-order valence-corrected chi connectivity index (χ3v) is 7.09. The number of amides is 1. The molecule has 0 atom stereocenters. The standard InChI is InChI=1S/C24H20N4O2S2/c29-21(17-8-10-20-16(13-17)9-11-23(30)25-20)15-32-24-27-26-22(14-19-7-4-12-31-19)28(24)18-5-2-1-3-6-18/h1-8,10,12-13H,9,11,14-15H2,(H,25,30). The molecule has 32 heavy (non-hydrogen) atoms. The van der Waals surface area contributed by atoms with Crippen LogP contribution in [0.1, 0.15) is 33.0 Å². The summed E-state index contributed by atoms with van der Waals surface area (Å²) in [7, 11) is 0. The smallest absolute Gasteiger partial charge is 0.224 e. The first-order chi connectivity index (χ1) is 15.7. The highest BCUT2D eigenvalue weighted by atomic mass is 32.2. The van der Waals surface area contributed by atoms with E-state index in [1.54, 1.807) is 17.4 Å². The second kappa shape index (κ2) is 9.10. The molecule has 0 bridgehead atoms. The number of fused-ring (bicyclic) bond motifs is 1. The van der Waals surface area contributed by atoms with Crippen molar-refractivity contribution in [2.24, 2.45) is 0 Å². The molecule has 0 aliphatic carbocycles. The number of benzene rings is 2. The third kappa shape index (κ3) is 4.37. The van der Waals surface area contributed by atoms with Gasteiger partial charge in [0.05, 0.1) is 5.75 Å². The number of para-hydroxylation sites is 1. The van der Waals surface area contributed by atoms with E-state index >= 15 is 0 Å². The van der Waals surface area contributed by atoms with Crippen LogP contribution >= 0.6 is 23.1 Å². The van der Waals surface area contributed by atoms with Crippen LogP contribution in [0, 0.1) is 0 Å².